The van der Waals surface area contributed by atoms with Crippen LogP contribution in [0, 0.1) is 0 Å². The minimum atomic E-state index is -0.487. The number of esters is 1. The first kappa shape index (κ1) is 18.2. The first-order valence-electron chi connectivity index (χ1n) is 7.77. The van der Waals surface area contributed by atoms with Crippen LogP contribution in [-0.2, 0) is 9.53 Å². The van der Waals surface area contributed by atoms with Crippen LogP contribution in [0.15, 0.2) is 48.8 Å². The van der Waals surface area contributed by atoms with Gasteiger partial charge in [-0.2, -0.15) is 0 Å². The summed E-state index contributed by atoms with van der Waals surface area (Å²) in [6.07, 6.45) is 6.29. The summed E-state index contributed by atoms with van der Waals surface area (Å²) in [7, 11) is 1.30. The van der Waals surface area contributed by atoms with Gasteiger partial charge in [0.1, 0.15) is 5.75 Å². The van der Waals surface area contributed by atoms with Crippen molar-refractivity contribution >= 4 is 23.6 Å². The van der Waals surface area contributed by atoms with Crippen molar-refractivity contribution in [2.75, 3.05) is 12.4 Å². The molecule has 0 atom stereocenters. The number of amides is 1. The average molecular weight is 340 g/mol. The van der Waals surface area contributed by atoms with E-state index in [9.17, 15) is 9.59 Å². The number of hydrogen-bond donors (Lipinski definition) is 1. The first-order valence-corrected chi connectivity index (χ1v) is 7.77. The molecule has 1 heterocycles. The van der Waals surface area contributed by atoms with Gasteiger partial charge < -0.3 is 14.8 Å². The lowest BCUT2D eigenvalue weighted by Gasteiger charge is -2.15. The molecule has 0 saturated heterocycles. The largest absolute Gasteiger partial charge is 0.489 e. The van der Waals surface area contributed by atoms with Crippen molar-refractivity contribution in [3.05, 3.63) is 59.9 Å². The number of carbonyl (C=O) groups is 2. The van der Waals surface area contributed by atoms with Crippen LogP contribution in [0.3, 0.4) is 0 Å². The summed E-state index contributed by atoms with van der Waals surface area (Å²) in [4.78, 5) is 27.8. The number of nitrogens with one attached hydrogen (secondary N) is 1. The van der Waals surface area contributed by atoms with Gasteiger partial charge in [0.25, 0.3) is 0 Å². The summed E-state index contributed by atoms with van der Waals surface area (Å²) in [5.41, 5.74) is 1.58. The molecule has 0 radical (unpaired) electrons. The second kappa shape index (κ2) is 8.63. The van der Waals surface area contributed by atoms with E-state index >= 15 is 0 Å². The lowest BCUT2D eigenvalue weighted by molar-refractivity contribution is -0.111. The van der Waals surface area contributed by atoms with Gasteiger partial charge in [0, 0.05) is 18.5 Å². The summed E-state index contributed by atoms with van der Waals surface area (Å²) in [5.74, 6) is -0.348. The Bertz CT molecular complexity index is 770. The predicted octanol–water partition coefficient (Wildman–Crippen LogP) is 3.31. The minimum Gasteiger partial charge on any atom is -0.489 e. The lowest BCUT2D eigenvalue weighted by atomic mass is 10.1. The number of rotatable bonds is 6. The molecular weight excluding hydrogens is 320 g/mol. The Hall–Kier alpha value is -3.15. The van der Waals surface area contributed by atoms with E-state index in [-0.39, 0.29) is 12.0 Å². The molecule has 1 N–H and O–H groups in total. The van der Waals surface area contributed by atoms with Crippen molar-refractivity contribution in [3.8, 4) is 5.75 Å². The van der Waals surface area contributed by atoms with Crippen molar-refractivity contribution in [2.24, 2.45) is 0 Å². The summed E-state index contributed by atoms with van der Waals surface area (Å²) in [6.45, 7) is 3.76. The second-order valence-corrected chi connectivity index (χ2v) is 5.47. The highest BCUT2D eigenvalue weighted by Gasteiger charge is 2.13. The van der Waals surface area contributed by atoms with Crippen molar-refractivity contribution < 1.29 is 19.1 Å². The Morgan fingerprint density at radius 1 is 1.16 bits per heavy atom. The molecule has 1 aromatic carbocycles. The molecule has 0 bridgehead atoms. The highest BCUT2D eigenvalue weighted by atomic mass is 16.5. The summed E-state index contributed by atoms with van der Waals surface area (Å²) >= 11 is 0. The van der Waals surface area contributed by atoms with E-state index in [0.29, 0.717) is 17.0 Å². The number of benzene rings is 1. The molecule has 0 fully saturated rings. The van der Waals surface area contributed by atoms with Gasteiger partial charge in [-0.1, -0.05) is 0 Å². The van der Waals surface area contributed by atoms with E-state index in [1.807, 2.05) is 13.8 Å². The van der Waals surface area contributed by atoms with E-state index < -0.39 is 5.97 Å². The number of nitrogens with zero attached hydrogens (tertiary/aromatic N) is 1. The third-order valence-electron chi connectivity index (χ3n) is 3.15. The number of aromatic nitrogens is 1. The van der Waals surface area contributed by atoms with Crippen LogP contribution in [0.4, 0.5) is 5.69 Å². The number of anilines is 1. The van der Waals surface area contributed by atoms with Crippen molar-refractivity contribution in [3.63, 3.8) is 0 Å². The number of hydrogen-bond acceptors (Lipinski definition) is 5. The molecule has 0 aliphatic carbocycles. The second-order valence-electron chi connectivity index (χ2n) is 5.47. The van der Waals surface area contributed by atoms with Crippen LogP contribution >= 0.6 is 0 Å². The monoisotopic (exact) mass is 340 g/mol. The maximum absolute atomic E-state index is 12.2. The Balaban J connectivity index is 2.21. The standard InChI is InChI=1S/C19H20N2O4/c1-13(2)25-17-6-5-15(19(23)24-3)12-16(17)21-18(22)7-4-14-8-10-20-11-9-14/h4-13H,1-3H3,(H,21,22). The smallest absolute Gasteiger partial charge is 0.337 e. The van der Waals surface area contributed by atoms with Gasteiger partial charge >= 0.3 is 5.97 Å². The first-order chi connectivity index (χ1) is 12.0. The van der Waals surface area contributed by atoms with Crippen LogP contribution in [0.2, 0.25) is 0 Å². The zero-order valence-corrected chi connectivity index (χ0v) is 14.4. The molecule has 2 aromatic rings. The normalized spacial score (nSPS) is 10.7. The van der Waals surface area contributed by atoms with Crippen molar-refractivity contribution in [1.29, 1.82) is 0 Å². The van der Waals surface area contributed by atoms with Crippen LogP contribution in [-0.4, -0.2) is 30.1 Å². The molecule has 0 spiro atoms. The van der Waals surface area contributed by atoms with E-state index in [4.69, 9.17) is 9.47 Å². The molecule has 2 rings (SSSR count). The Morgan fingerprint density at radius 3 is 2.52 bits per heavy atom. The molecule has 0 aliphatic heterocycles. The highest BCUT2D eigenvalue weighted by Crippen LogP contribution is 2.27. The molecule has 0 aliphatic rings. The summed E-state index contributed by atoms with van der Waals surface area (Å²) in [5, 5.41) is 2.73. The van der Waals surface area contributed by atoms with E-state index in [1.165, 1.54) is 19.3 Å². The van der Waals surface area contributed by atoms with Crippen LogP contribution < -0.4 is 10.1 Å². The van der Waals surface area contributed by atoms with Crippen LogP contribution in [0.5, 0.6) is 5.75 Å². The quantitative estimate of drug-likeness (QED) is 0.645. The van der Waals surface area contributed by atoms with E-state index in [1.54, 1.807) is 42.7 Å². The third kappa shape index (κ3) is 5.46. The number of methoxy groups -OCH3 is 1. The van der Waals surface area contributed by atoms with Gasteiger partial charge in [-0.05, 0) is 55.8 Å². The lowest BCUT2D eigenvalue weighted by Crippen LogP contribution is -2.13. The molecular formula is C19H20N2O4. The fraction of sp³-hybridized carbons (Fsp3) is 0.211. The molecule has 0 saturated carbocycles. The van der Waals surface area contributed by atoms with Gasteiger partial charge in [0.2, 0.25) is 5.91 Å². The Labute approximate surface area is 146 Å². The average Bonchev–Trinajstić information content (AvgIpc) is 2.61. The highest BCUT2D eigenvalue weighted by molar-refractivity contribution is 6.03. The van der Waals surface area contributed by atoms with Gasteiger partial charge in [-0.25, -0.2) is 4.79 Å². The van der Waals surface area contributed by atoms with E-state index in [2.05, 4.69) is 10.3 Å². The van der Waals surface area contributed by atoms with Crippen LogP contribution in [0.25, 0.3) is 6.08 Å². The fourth-order valence-electron chi connectivity index (χ4n) is 2.05. The van der Waals surface area contributed by atoms with Crippen molar-refractivity contribution in [1.82, 2.24) is 4.98 Å². The molecule has 130 valence electrons. The molecule has 6 nitrogen and oxygen atoms in total. The number of ether oxygens (including phenoxy) is 2. The molecule has 1 aromatic heterocycles. The zero-order chi connectivity index (χ0) is 18.2. The molecule has 0 unspecified atom stereocenters. The SMILES string of the molecule is COC(=O)c1ccc(OC(C)C)c(NC(=O)C=Cc2ccncc2)c1. The zero-order valence-electron chi connectivity index (χ0n) is 14.4. The Kier molecular flexibility index (Phi) is 6.28. The minimum absolute atomic E-state index is 0.0769. The molecule has 6 heteroatoms. The topological polar surface area (TPSA) is 77.5 Å². The van der Waals surface area contributed by atoms with Gasteiger partial charge in [0.15, 0.2) is 0 Å². The summed E-state index contributed by atoms with van der Waals surface area (Å²) in [6, 6.07) is 8.33. The van der Waals surface area contributed by atoms with Crippen LogP contribution in [0.1, 0.15) is 29.8 Å². The fourth-order valence-corrected chi connectivity index (χ4v) is 2.05. The van der Waals surface area contributed by atoms with Crippen molar-refractivity contribution in [2.45, 2.75) is 20.0 Å². The third-order valence-corrected chi connectivity index (χ3v) is 3.15. The maximum atomic E-state index is 12.2. The number of pyridine rings is 1. The van der Waals surface area contributed by atoms with Gasteiger partial charge in [-0.15, -0.1) is 0 Å². The predicted molar refractivity (Wildman–Crippen MR) is 95.4 cm³/mol. The summed E-state index contributed by atoms with van der Waals surface area (Å²) < 4.78 is 10.4. The molecule has 25 heavy (non-hydrogen) atoms. The number of carbonyl (C=O) groups excluding carboxylic acids is 2. The molecule has 1 amide bonds. The van der Waals surface area contributed by atoms with E-state index in [0.717, 1.165) is 5.56 Å². The van der Waals surface area contributed by atoms with Gasteiger partial charge in [0.05, 0.1) is 24.5 Å². The Morgan fingerprint density at radius 2 is 1.88 bits per heavy atom. The maximum Gasteiger partial charge on any atom is 0.337 e. The van der Waals surface area contributed by atoms with Gasteiger partial charge in [-0.3, -0.25) is 9.78 Å².